The summed E-state index contributed by atoms with van der Waals surface area (Å²) in [6, 6.07) is 4.60. The molecule has 0 aliphatic rings. The molecule has 0 saturated carbocycles. The third kappa shape index (κ3) is 4.79. The van der Waals surface area contributed by atoms with E-state index in [1.807, 2.05) is 0 Å². The lowest BCUT2D eigenvalue weighted by atomic mass is 10.1. The summed E-state index contributed by atoms with van der Waals surface area (Å²) in [6.45, 7) is 0.730. The fourth-order valence-corrected chi connectivity index (χ4v) is 2.33. The lowest BCUT2D eigenvalue weighted by Gasteiger charge is -2.01. The zero-order valence-electron chi connectivity index (χ0n) is 11.8. The molecule has 0 fully saturated rings. The number of halogens is 2. The number of hydrogen-bond acceptors (Lipinski definition) is 4. The van der Waals surface area contributed by atoms with Crippen LogP contribution in [0.15, 0.2) is 22.7 Å². The van der Waals surface area contributed by atoms with E-state index < -0.39 is 0 Å². The van der Waals surface area contributed by atoms with E-state index >= 15 is 0 Å². The smallest absolute Gasteiger partial charge is 0.226 e. The van der Waals surface area contributed by atoms with Crippen molar-refractivity contribution in [1.29, 1.82) is 0 Å². The molecule has 0 bridgehead atoms. The van der Waals surface area contributed by atoms with E-state index in [9.17, 15) is 4.39 Å². The van der Waals surface area contributed by atoms with Gasteiger partial charge in [0.1, 0.15) is 5.82 Å². The van der Waals surface area contributed by atoms with Crippen LogP contribution in [0.4, 0.5) is 4.39 Å². The Kier molecular flexibility index (Phi) is 6.14. The molecule has 6 heteroatoms. The Hall–Kier alpha value is -1.46. The topological polar surface area (TPSA) is 64.9 Å². The third-order valence-electron chi connectivity index (χ3n) is 3.25. The summed E-state index contributed by atoms with van der Waals surface area (Å²) in [7, 11) is 0. The Balaban J connectivity index is 1.88. The molecule has 4 nitrogen and oxygen atoms in total. The first-order valence-corrected chi connectivity index (χ1v) is 7.53. The van der Waals surface area contributed by atoms with Gasteiger partial charge in [0.2, 0.25) is 5.89 Å². The molecule has 0 unspecified atom stereocenters. The summed E-state index contributed by atoms with van der Waals surface area (Å²) in [5, 5.41) is 4.26. The van der Waals surface area contributed by atoms with E-state index in [4.69, 9.17) is 21.9 Å². The maximum absolute atomic E-state index is 13.7. The standard InChI is InChI=1S/C15H19ClFN3O/c16-12-6-5-7-13(17)11(12)10-14-19-15(21-20-14)8-3-1-2-4-9-18/h5-7H,1-4,8-10,18H2. The number of aromatic nitrogens is 2. The van der Waals surface area contributed by atoms with Crippen molar-refractivity contribution in [2.24, 2.45) is 5.73 Å². The molecule has 1 heterocycles. The first kappa shape index (κ1) is 15.9. The second-order valence-electron chi connectivity index (χ2n) is 4.93. The van der Waals surface area contributed by atoms with Crippen LogP contribution in [-0.2, 0) is 12.8 Å². The van der Waals surface area contributed by atoms with E-state index in [0.717, 1.165) is 38.6 Å². The zero-order valence-corrected chi connectivity index (χ0v) is 12.6. The average Bonchev–Trinajstić information content (AvgIpc) is 2.91. The molecule has 2 aromatic rings. The number of nitrogens with two attached hydrogens (primary N) is 1. The van der Waals surface area contributed by atoms with Crippen LogP contribution < -0.4 is 5.73 Å². The lowest BCUT2D eigenvalue weighted by molar-refractivity contribution is 0.369. The molecule has 0 aliphatic heterocycles. The summed E-state index contributed by atoms with van der Waals surface area (Å²) in [4.78, 5) is 4.28. The molecular weight excluding hydrogens is 293 g/mol. The number of benzene rings is 1. The molecule has 1 aromatic heterocycles. The molecule has 114 valence electrons. The van der Waals surface area contributed by atoms with Gasteiger partial charge in [0, 0.05) is 23.4 Å². The third-order valence-corrected chi connectivity index (χ3v) is 3.61. The van der Waals surface area contributed by atoms with E-state index in [1.54, 1.807) is 12.1 Å². The van der Waals surface area contributed by atoms with Crippen LogP contribution in [0, 0.1) is 5.82 Å². The molecule has 1 aromatic carbocycles. The van der Waals surface area contributed by atoms with Gasteiger partial charge in [-0.25, -0.2) is 4.39 Å². The van der Waals surface area contributed by atoms with Gasteiger partial charge >= 0.3 is 0 Å². The average molecular weight is 312 g/mol. The van der Waals surface area contributed by atoms with Crippen molar-refractivity contribution in [1.82, 2.24) is 10.1 Å². The predicted octanol–water partition coefficient (Wildman–Crippen LogP) is 3.51. The Morgan fingerprint density at radius 2 is 2.00 bits per heavy atom. The fraction of sp³-hybridized carbons (Fsp3) is 0.467. The molecule has 0 saturated heterocycles. The summed E-state index contributed by atoms with van der Waals surface area (Å²) >= 11 is 5.98. The van der Waals surface area contributed by atoms with Crippen LogP contribution in [0.5, 0.6) is 0 Å². The molecule has 0 spiro atoms. The lowest BCUT2D eigenvalue weighted by Crippen LogP contribution is -1.98. The normalized spacial score (nSPS) is 11.0. The highest BCUT2D eigenvalue weighted by molar-refractivity contribution is 6.31. The largest absolute Gasteiger partial charge is 0.339 e. The molecule has 2 rings (SSSR count). The van der Waals surface area contributed by atoms with Gasteiger partial charge in [0.15, 0.2) is 5.82 Å². The minimum absolute atomic E-state index is 0.238. The quantitative estimate of drug-likeness (QED) is 0.758. The van der Waals surface area contributed by atoms with Crippen molar-refractivity contribution in [3.8, 4) is 0 Å². The highest BCUT2D eigenvalue weighted by Crippen LogP contribution is 2.21. The van der Waals surface area contributed by atoms with E-state index in [1.165, 1.54) is 6.07 Å². The fourth-order valence-electron chi connectivity index (χ4n) is 2.10. The van der Waals surface area contributed by atoms with Gasteiger partial charge in [-0.1, -0.05) is 35.7 Å². The molecular formula is C15H19ClFN3O. The van der Waals surface area contributed by atoms with Gasteiger partial charge in [-0.15, -0.1) is 0 Å². The van der Waals surface area contributed by atoms with Crippen molar-refractivity contribution >= 4 is 11.6 Å². The summed E-state index contributed by atoms with van der Waals surface area (Å²) in [6.07, 6.45) is 5.21. The number of aryl methyl sites for hydroxylation is 1. The van der Waals surface area contributed by atoms with Gasteiger partial charge in [-0.05, 0) is 31.5 Å². The van der Waals surface area contributed by atoms with Crippen molar-refractivity contribution < 1.29 is 8.91 Å². The maximum atomic E-state index is 13.7. The first-order chi connectivity index (χ1) is 10.2. The molecule has 21 heavy (non-hydrogen) atoms. The minimum Gasteiger partial charge on any atom is -0.339 e. The summed E-state index contributed by atoms with van der Waals surface area (Å²) in [5.41, 5.74) is 5.84. The van der Waals surface area contributed by atoms with Crippen LogP contribution in [0.2, 0.25) is 5.02 Å². The second-order valence-corrected chi connectivity index (χ2v) is 5.34. The second kappa shape index (κ2) is 8.10. The molecule has 0 atom stereocenters. The van der Waals surface area contributed by atoms with Crippen LogP contribution >= 0.6 is 11.6 Å². The van der Waals surface area contributed by atoms with Gasteiger partial charge in [0.05, 0.1) is 0 Å². The van der Waals surface area contributed by atoms with Gasteiger partial charge in [0.25, 0.3) is 0 Å². The Morgan fingerprint density at radius 3 is 2.76 bits per heavy atom. The summed E-state index contributed by atoms with van der Waals surface area (Å²) in [5.74, 6) is 0.694. The van der Waals surface area contributed by atoms with Crippen LogP contribution in [0.1, 0.15) is 43.0 Å². The van der Waals surface area contributed by atoms with Crippen molar-refractivity contribution in [3.05, 3.63) is 46.3 Å². The van der Waals surface area contributed by atoms with Crippen LogP contribution in [-0.4, -0.2) is 16.7 Å². The van der Waals surface area contributed by atoms with Gasteiger partial charge < -0.3 is 10.3 Å². The van der Waals surface area contributed by atoms with E-state index in [0.29, 0.717) is 22.3 Å². The zero-order chi connectivity index (χ0) is 15.1. The summed E-state index contributed by atoms with van der Waals surface area (Å²) < 4.78 is 18.9. The van der Waals surface area contributed by atoms with Crippen LogP contribution in [0.3, 0.4) is 0 Å². The Morgan fingerprint density at radius 1 is 1.19 bits per heavy atom. The predicted molar refractivity (Wildman–Crippen MR) is 79.7 cm³/mol. The monoisotopic (exact) mass is 311 g/mol. The van der Waals surface area contributed by atoms with Gasteiger partial charge in [-0.3, -0.25) is 0 Å². The molecule has 0 radical (unpaired) electrons. The number of nitrogens with zero attached hydrogens (tertiary/aromatic N) is 2. The van der Waals surface area contributed by atoms with Crippen molar-refractivity contribution in [2.45, 2.75) is 38.5 Å². The van der Waals surface area contributed by atoms with Crippen molar-refractivity contribution in [3.63, 3.8) is 0 Å². The van der Waals surface area contributed by atoms with Gasteiger partial charge in [-0.2, -0.15) is 4.98 Å². The highest BCUT2D eigenvalue weighted by atomic mass is 35.5. The SMILES string of the molecule is NCCCCCCc1nc(Cc2c(F)cccc2Cl)no1. The molecule has 0 aliphatic carbocycles. The first-order valence-electron chi connectivity index (χ1n) is 7.15. The van der Waals surface area contributed by atoms with Crippen LogP contribution in [0.25, 0.3) is 0 Å². The number of hydrogen-bond donors (Lipinski definition) is 1. The minimum atomic E-state index is -0.351. The molecule has 0 amide bonds. The Bertz CT molecular complexity index is 554. The Labute approximate surface area is 128 Å². The number of unbranched alkanes of at least 4 members (excludes halogenated alkanes) is 3. The van der Waals surface area contributed by atoms with E-state index in [2.05, 4.69) is 10.1 Å². The highest BCUT2D eigenvalue weighted by Gasteiger charge is 2.12. The molecule has 2 N–H and O–H groups in total. The van der Waals surface area contributed by atoms with Crippen molar-refractivity contribution in [2.75, 3.05) is 6.54 Å². The van der Waals surface area contributed by atoms with E-state index in [-0.39, 0.29) is 12.2 Å². The maximum Gasteiger partial charge on any atom is 0.226 e. The number of rotatable bonds is 8.